The second-order valence-electron chi connectivity index (χ2n) is 9.00. The highest BCUT2D eigenvalue weighted by atomic mass is 16.3. The highest BCUT2D eigenvalue weighted by Crippen LogP contribution is 2.31. The van der Waals surface area contributed by atoms with E-state index in [1.54, 1.807) is 13.1 Å². The molecule has 1 aromatic rings. The van der Waals surface area contributed by atoms with Crippen LogP contribution in [0.25, 0.3) is 0 Å². The van der Waals surface area contributed by atoms with Crippen LogP contribution in [0, 0.1) is 0 Å². The van der Waals surface area contributed by atoms with Gasteiger partial charge in [0.1, 0.15) is 5.75 Å². The van der Waals surface area contributed by atoms with Crippen LogP contribution in [-0.2, 0) is 4.79 Å². The van der Waals surface area contributed by atoms with E-state index in [0.29, 0.717) is 5.75 Å². The summed E-state index contributed by atoms with van der Waals surface area (Å²) in [6, 6.07) is 6.73. The summed E-state index contributed by atoms with van der Waals surface area (Å²) in [4.78, 5) is 41.0. The molecule has 4 aliphatic heterocycles. The number of nitrogens with zero attached hydrogens (tertiary/aromatic N) is 7. The van der Waals surface area contributed by atoms with Gasteiger partial charge in [0, 0.05) is 59.2 Å². The molecule has 2 saturated heterocycles. The Hall–Kier alpha value is -3.27. The smallest absolute Gasteiger partial charge is 0.328 e. The number of aromatic hydroxyl groups is 1. The summed E-state index contributed by atoms with van der Waals surface area (Å²) in [5.74, 6) is 0.887. The molecule has 10 nitrogen and oxygen atoms in total. The first-order valence-corrected chi connectivity index (χ1v) is 11.6. The molecule has 0 spiro atoms. The number of aliphatic imine (C=N–C) groups is 1. The number of hydrogen-bond acceptors (Lipinski definition) is 8. The van der Waals surface area contributed by atoms with Crippen LogP contribution in [-0.4, -0.2) is 113 Å². The van der Waals surface area contributed by atoms with E-state index in [2.05, 4.69) is 14.7 Å². The van der Waals surface area contributed by atoms with Crippen molar-refractivity contribution in [3.8, 4) is 5.75 Å². The summed E-state index contributed by atoms with van der Waals surface area (Å²) in [5, 5.41) is 10.1. The van der Waals surface area contributed by atoms with E-state index in [4.69, 9.17) is 4.99 Å². The minimum absolute atomic E-state index is 0.212. The van der Waals surface area contributed by atoms with Gasteiger partial charge in [-0.15, -0.1) is 0 Å². The van der Waals surface area contributed by atoms with Gasteiger partial charge in [0.25, 0.3) is 5.91 Å². The Bertz CT molecular complexity index is 988. The molecule has 33 heavy (non-hydrogen) atoms. The minimum Gasteiger partial charge on any atom is -0.506 e. The molecular formula is C23H31N7O3. The second kappa shape index (κ2) is 8.58. The summed E-state index contributed by atoms with van der Waals surface area (Å²) in [6.07, 6.45) is 5.49. The van der Waals surface area contributed by atoms with Crippen LogP contribution in [0.2, 0.25) is 0 Å². The number of phenolic OH excluding ortho intramolecular Hbond substituents is 1. The summed E-state index contributed by atoms with van der Waals surface area (Å²) < 4.78 is 0. The van der Waals surface area contributed by atoms with Crippen molar-refractivity contribution in [2.24, 2.45) is 4.99 Å². The molecule has 0 saturated carbocycles. The summed E-state index contributed by atoms with van der Waals surface area (Å²) >= 11 is 0. The number of imide groups is 1. The number of benzene rings is 1. The molecule has 4 aliphatic rings. The van der Waals surface area contributed by atoms with E-state index in [1.807, 2.05) is 35.5 Å². The predicted octanol–water partition coefficient (Wildman–Crippen LogP) is 0.971. The number of likely N-dealkylation sites (N-methyl/N-ethyl adjacent to an activating group) is 2. The molecule has 0 aromatic heterocycles. The lowest BCUT2D eigenvalue weighted by Gasteiger charge is -2.38. The van der Waals surface area contributed by atoms with Crippen LogP contribution in [0.3, 0.4) is 0 Å². The third-order valence-electron chi connectivity index (χ3n) is 7.01. The summed E-state index contributed by atoms with van der Waals surface area (Å²) in [7, 11) is 3.22. The Labute approximate surface area is 193 Å². The van der Waals surface area contributed by atoms with E-state index in [-0.39, 0.29) is 11.9 Å². The van der Waals surface area contributed by atoms with E-state index in [9.17, 15) is 14.7 Å². The monoisotopic (exact) mass is 453 g/mol. The second-order valence-corrected chi connectivity index (χ2v) is 9.00. The lowest BCUT2D eigenvalue weighted by atomic mass is 10.1. The van der Waals surface area contributed by atoms with Gasteiger partial charge in [0.05, 0.1) is 5.69 Å². The van der Waals surface area contributed by atoms with Crippen molar-refractivity contribution in [3.63, 3.8) is 0 Å². The number of carbonyl (C=O) groups is 2. The SMILES string of the molecule is CN1C(=O)C2C(N=C3N(CCCCN4CCN(c5ccccc5O)CC4)C=CN32)N(C)C1=O. The number of para-hydroxylation sites is 2. The number of rotatable bonds is 6. The summed E-state index contributed by atoms with van der Waals surface area (Å²) in [5.41, 5.74) is 0.914. The molecule has 4 heterocycles. The van der Waals surface area contributed by atoms with Gasteiger partial charge in [-0.25, -0.2) is 9.79 Å². The van der Waals surface area contributed by atoms with Gasteiger partial charge in [-0.3, -0.25) is 14.6 Å². The molecule has 0 radical (unpaired) electrons. The minimum atomic E-state index is -0.478. The lowest BCUT2D eigenvalue weighted by molar-refractivity contribution is -0.135. The number of carbonyl (C=O) groups excluding carboxylic acids is 2. The number of phenols is 1. The number of unbranched alkanes of at least 4 members (excludes halogenated alkanes) is 1. The Morgan fingerprint density at radius 2 is 1.73 bits per heavy atom. The van der Waals surface area contributed by atoms with E-state index in [0.717, 1.165) is 63.8 Å². The number of hydrogen-bond donors (Lipinski definition) is 1. The van der Waals surface area contributed by atoms with Crippen LogP contribution in [0.1, 0.15) is 12.8 Å². The van der Waals surface area contributed by atoms with Crippen LogP contribution >= 0.6 is 0 Å². The zero-order valence-corrected chi connectivity index (χ0v) is 19.2. The van der Waals surface area contributed by atoms with Gasteiger partial charge >= 0.3 is 6.03 Å². The van der Waals surface area contributed by atoms with Gasteiger partial charge in [-0.2, -0.15) is 0 Å². The highest BCUT2D eigenvalue weighted by molar-refractivity contribution is 6.04. The number of anilines is 1. The molecule has 5 rings (SSSR count). The number of piperazine rings is 1. The van der Waals surface area contributed by atoms with Crippen molar-refractivity contribution in [2.45, 2.75) is 25.0 Å². The van der Waals surface area contributed by atoms with Gasteiger partial charge < -0.3 is 24.7 Å². The van der Waals surface area contributed by atoms with Crippen molar-refractivity contribution in [1.29, 1.82) is 0 Å². The average molecular weight is 454 g/mol. The normalized spacial score (nSPS) is 25.2. The van der Waals surface area contributed by atoms with Crippen LogP contribution in [0.5, 0.6) is 5.75 Å². The molecule has 0 bridgehead atoms. The third kappa shape index (κ3) is 3.78. The van der Waals surface area contributed by atoms with Crippen molar-refractivity contribution in [1.82, 2.24) is 24.5 Å². The first-order valence-electron chi connectivity index (χ1n) is 11.6. The van der Waals surface area contributed by atoms with Crippen molar-refractivity contribution >= 4 is 23.6 Å². The third-order valence-corrected chi connectivity index (χ3v) is 7.01. The maximum atomic E-state index is 12.7. The fraction of sp³-hybridized carbons (Fsp3) is 0.522. The topological polar surface area (TPSA) is 86.2 Å². The fourth-order valence-corrected chi connectivity index (χ4v) is 5.05. The molecular weight excluding hydrogens is 422 g/mol. The standard InChI is InChI=1S/C23H31N7O3/c1-25-20-19(21(32)26(2)23(25)33)30-16-15-29(22(30)24-20)10-6-5-9-27-11-13-28(14-12-27)17-7-3-4-8-18(17)31/h3-4,7-8,15-16,19-20,31H,5-6,9-14H2,1-2H3. The maximum Gasteiger partial charge on any atom is 0.328 e. The fourth-order valence-electron chi connectivity index (χ4n) is 5.05. The molecule has 0 aliphatic carbocycles. The number of guanidine groups is 1. The quantitative estimate of drug-likeness (QED) is 0.643. The zero-order chi connectivity index (χ0) is 23.1. The molecule has 2 fully saturated rings. The molecule has 1 aromatic carbocycles. The molecule has 176 valence electrons. The van der Waals surface area contributed by atoms with Crippen LogP contribution in [0.4, 0.5) is 10.5 Å². The lowest BCUT2D eigenvalue weighted by Crippen LogP contribution is -2.63. The van der Waals surface area contributed by atoms with Crippen molar-refractivity contribution in [2.75, 3.05) is 58.3 Å². The van der Waals surface area contributed by atoms with Crippen molar-refractivity contribution in [3.05, 3.63) is 36.7 Å². The average Bonchev–Trinajstić information content (AvgIpc) is 3.40. The van der Waals surface area contributed by atoms with Crippen molar-refractivity contribution < 1.29 is 14.7 Å². The Morgan fingerprint density at radius 1 is 1.00 bits per heavy atom. The van der Waals surface area contributed by atoms with Gasteiger partial charge in [-0.1, -0.05) is 12.1 Å². The number of amides is 3. The largest absolute Gasteiger partial charge is 0.506 e. The van der Waals surface area contributed by atoms with Crippen LogP contribution < -0.4 is 4.90 Å². The van der Waals surface area contributed by atoms with Gasteiger partial charge in [-0.05, 0) is 31.5 Å². The van der Waals surface area contributed by atoms with Gasteiger partial charge in [0.15, 0.2) is 12.2 Å². The van der Waals surface area contributed by atoms with E-state index in [1.165, 1.54) is 16.8 Å². The zero-order valence-electron chi connectivity index (χ0n) is 19.2. The van der Waals surface area contributed by atoms with Gasteiger partial charge in [0.2, 0.25) is 5.96 Å². The maximum absolute atomic E-state index is 12.7. The Kier molecular flexibility index (Phi) is 5.61. The highest BCUT2D eigenvalue weighted by Gasteiger charge is 2.52. The first kappa shape index (κ1) is 21.6. The first-order chi connectivity index (χ1) is 16.0. The Balaban J connectivity index is 1.09. The molecule has 2 unspecified atom stereocenters. The number of urea groups is 1. The summed E-state index contributed by atoms with van der Waals surface area (Å²) in [6.45, 7) is 5.65. The molecule has 10 heteroatoms. The van der Waals surface area contributed by atoms with E-state index < -0.39 is 12.2 Å². The van der Waals surface area contributed by atoms with E-state index >= 15 is 0 Å². The molecule has 1 N–H and O–H groups in total. The number of fused-ring (bicyclic) bond motifs is 3. The molecule has 2 atom stereocenters. The molecule has 3 amide bonds. The Morgan fingerprint density at radius 3 is 2.48 bits per heavy atom. The predicted molar refractivity (Wildman–Crippen MR) is 125 cm³/mol. The van der Waals surface area contributed by atoms with Crippen LogP contribution in [0.15, 0.2) is 41.7 Å².